The predicted molar refractivity (Wildman–Crippen MR) is 78.5 cm³/mol. The molecule has 0 aliphatic carbocycles. The van der Waals surface area contributed by atoms with E-state index in [1.54, 1.807) is 0 Å². The molecule has 2 rings (SSSR count). The maximum absolute atomic E-state index is 10.8. The largest absolute Gasteiger partial charge is 0.368 e. The molecule has 1 heterocycles. The average molecular weight is 311 g/mol. The summed E-state index contributed by atoms with van der Waals surface area (Å²) in [7, 11) is 2.17. The molecule has 0 radical (unpaired) electrons. The number of hydrogen-bond acceptors (Lipinski definition) is 3. The van der Waals surface area contributed by atoms with E-state index >= 15 is 0 Å². The van der Waals surface area contributed by atoms with E-state index in [2.05, 4.69) is 46.6 Å². The lowest BCUT2D eigenvalue weighted by Gasteiger charge is -2.46. The van der Waals surface area contributed by atoms with Gasteiger partial charge >= 0.3 is 0 Å². The monoisotopic (exact) mass is 310 g/mol. The fraction of sp³-hybridized carbons (Fsp3) is 0.500. The van der Waals surface area contributed by atoms with Gasteiger partial charge < -0.3 is 4.90 Å². The fourth-order valence-electron chi connectivity index (χ4n) is 2.27. The highest BCUT2D eigenvalue weighted by Gasteiger charge is 2.31. The summed E-state index contributed by atoms with van der Waals surface area (Å²) in [5, 5.41) is 0. The van der Waals surface area contributed by atoms with Crippen LogP contribution in [0.5, 0.6) is 0 Å². The summed E-state index contributed by atoms with van der Waals surface area (Å²) in [6, 6.07) is 5.93. The van der Waals surface area contributed by atoms with E-state index in [-0.39, 0.29) is 5.54 Å². The molecule has 0 bridgehead atoms. The predicted octanol–water partition coefficient (Wildman–Crippen LogP) is 2.79. The molecule has 0 aromatic heterocycles. The van der Waals surface area contributed by atoms with E-state index in [0.717, 1.165) is 30.4 Å². The standard InChI is InChI=1S/C14H19BrN2O/c1-14(2)10-17(7-6-16(14)3)12-5-4-11(9-18)13(15)8-12/h4-5,8-9H,6-7,10H2,1-3H3. The Balaban J connectivity index is 2.22. The summed E-state index contributed by atoms with van der Waals surface area (Å²) >= 11 is 3.45. The first-order valence-corrected chi connectivity index (χ1v) is 6.94. The lowest BCUT2D eigenvalue weighted by Crippen LogP contribution is -2.57. The Labute approximate surface area is 117 Å². The quantitative estimate of drug-likeness (QED) is 0.785. The number of benzene rings is 1. The van der Waals surface area contributed by atoms with Gasteiger partial charge in [-0.2, -0.15) is 0 Å². The van der Waals surface area contributed by atoms with E-state index in [4.69, 9.17) is 0 Å². The lowest BCUT2D eigenvalue weighted by atomic mass is 9.99. The lowest BCUT2D eigenvalue weighted by molar-refractivity contribution is 0.112. The molecule has 1 saturated heterocycles. The summed E-state index contributed by atoms with van der Waals surface area (Å²) in [6.07, 6.45) is 0.877. The van der Waals surface area contributed by atoms with Crippen molar-refractivity contribution in [1.29, 1.82) is 0 Å². The number of rotatable bonds is 2. The molecule has 0 atom stereocenters. The molecule has 1 aromatic rings. The first-order chi connectivity index (χ1) is 8.44. The van der Waals surface area contributed by atoms with E-state index in [9.17, 15) is 4.79 Å². The zero-order valence-electron chi connectivity index (χ0n) is 11.1. The highest BCUT2D eigenvalue weighted by Crippen LogP contribution is 2.27. The van der Waals surface area contributed by atoms with Crippen LogP contribution in [0.1, 0.15) is 24.2 Å². The number of carbonyl (C=O) groups is 1. The zero-order chi connectivity index (χ0) is 13.3. The average Bonchev–Trinajstić information content (AvgIpc) is 2.32. The molecule has 1 fully saturated rings. The van der Waals surface area contributed by atoms with Gasteiger partial charge in [0.2, 0.25) is 0 Å². The third-order valence-electron chi connectivity index (χ3n) is 3.79. The number of halogens is 1. The molecule has 3 nitrogen and oxygen atoms in total. The van der Waals surface area contributed by atoms with Gasteiger partial charge in [-0.1, -0.05) is 0 Å². The Hall–Kier alpha value is -0.870. The van der Waals surface area contributed by atoms with Crippen LogP contribution in [0.15, 0.2) is 22.7 Å². The van der Waals surface area contributed by atoms with Crippen molar-refractivity contribution in [3.63, 3.8) is 0 Å². The molecular weight excluding hydrogens is 292 g/mol. The van der Waals surface area contributed by atoms with Crippen molar-refractivity contribution in [3.05, 3.63) is 28.2 Å². The molecule has 1 aliphatic heterocycles. The topological polar surface area (TPSA) is 23.6 Å². The molecule has 0 unspecified atom stereocenters. The van der Waals surface area contributed by atoms with Crippen LogP contribution < -0.4 is 4.90 Å². The first-order valence-electron chi connectivity index (χ1n) is 6.15. The Kier molecular flexibility index (Phi) is 3.78. The van der Waals surface area contributed by atoms with E-state index in [1.165, 1.54) is 5.69 Å². The van der Waals surface area contributed by atoms with Crippen LogP contribution in [0.2, 0.25) is 0 Å². The Bertz CT molecular complexity index is 459. The Morgan fingerprint density at radius 2 is 2.06 bits per heavy atom. The van der Waals surface area contributed by atoms with Gasteiger partial charge in [-0.3, -0.25) is 9.69 Å². The fourth-order valence-corrected chi connectivity index (χ4v) is 2.73. The second-order valence-electron chi connectivity index (χ2n) is 5.48. The van der Waals surface area contributed by atoms with Crippen LogP contribution in [0.3, 0.4) is 0 Å². The number of nitrogens with zero attached hydrogens (tertiary/aromatic N) is 2. The Morgan fingerprint density at radius 1 is 1.33 bits per heavy atom. The van der Waals surface area contributed by atoms with Gasteiger partial charge in [-0.25, -0.2) is 0 Å². The van der Waals surface area contributed by atoms with Crippen molar-refractivity contribution < 1.29 is 4.79 Å². The van der Waals surface area contributed by atoms with E-state index in [0.29, 0.717) is 5.56 Å². The molecule has 0 amide bonds. The smallest absolute Gasteiger partial charge is 0.151 e. The van der Waals surface area contributed by atoms with Crippen LogP contribution in [-0.4, -0.2) is 43.4 Å². The van der Waals surface area contributed by atoms with Gasteiger partial charge in [0.05, 0.1) is 0 Å². The van der Waals surface area contributed by atoms with Crippen LogP contribution >= 0.6 is 15.9 Å². The number of hydrogen-bond donors (Lipinski definition) is 0. The molecule has 1 aromatic carbocycles. The summed E-state index contributed by atoms with van der Waals surface area (Å²) in [4.78, 5) is 15.6. The zero-order valence-corrected chi connectivity index (χ0v) is 12.7. The third-order valence-corrected chi connectivity index (χ3v) is 4.48. The molecule has 4 heteroatoms. The molecule has 98 valence electrons. The second kappa shape index (κ2) is 5.02. The maximum Gasteiger partial charge on any atom is 0.151 e. The van der Waals surface area contributed by atoms with Gasteiger partial charge in [0.15, 0.2) is 6.29 Å². The summed E-state index contributed by atoms with van der Waals surface area (Å²) in [5.41, 5.74) is 2.05. The molecule has 18 heavy (non-hydrogen) atoms. The molecule has 0 saturated carbocycles. The second-order valence-corrected chi connectivity index (χ2v) is 6.33. The van der Waals surface area contributed by atoms with Gasteiger partial charge in [-0.15, -0.1) is 0 Å². The number of anilines is 1. The van der Waals surface area contributed by atoms with Crippen LogP contribution in [0.4, 0.5) is 5.69 Å². The summed E-state index contributed by atoms with van der Waals surface area (Å²) < 4.78 is 0.867. The first kappa shape index (κ1) is 13.6. The summed E-state index contributed by atoms with van der Waals surface area (Å²) in [5.74, 6) is 0. The number of carbonyl (C=O) groups excluding carboxylic acids is 1. The summed E-state index contributed by atoms with van der Waals surface area (Å²) in [6.45, 7) is 7.59. The van der Waals surface area contributed by atoms with Crippen LogP contribution in [0, 0.1) is 0 Å². The third kappa shape index (κ3) is 2.59. The van der Waals surface area contributed by atoms with Crippen LogP contribution in [0.25, 0.3) is 0 Å². The normalized spacial score (nSPS) is 19.9. The van der Waals surface area contributed by atoms with Gasteiger partial charge in [0.25, 0.3) is 0 Å². The van der Waals surface area contributed by atoms with Crippen LogP contribution in [-0.2, 0) is 0 Å². The SMILES string of the molecule is CN1CCN(c2ccc(C=O)c(Br)c2)CC1(C)C. The van der Waals surface area contributed by atoms with Crippen molar-refractivity contribution >= 4 is 27.9 Å². The maximum atomic E-state index is 10.8. The Morgan fingerprint density at radius 3 is 2.61 bits per heavy atom. The van der Waals surface area contributed by atoms with Gasteiger partial charge in [0.1, 0.15) is 0 Å². The van der Waals surface area contributed by atoms with Gasteiger partial charge in [-0.05, 0) is 55.0 Å². The van der Waals surface area contributed by atoms with Crippen molar-refractivity contribution in [1.82, 2.24) is 4.90 Å². The molecular formula is C14H19BrN2O. The van der Waals surface area contributed by atoms with Crippen molar-refractivity contribution in [2.75, 3.05) is 31.6 Å². The van der Waals surface area contributed by atoms with Crippen molar-refractivity contribution in [2.24, 2.45) is 0 Å². The van der Waals surface area contributed by atoms with Crippen molar-refractivity contribution in [3.8, 4) is 0 Å². The van der Waals surface area contributed by atoms with Crippen molar-refractivity contribution in [2.45, 2.75) is 19.4 Å². The highest BCUT2D eigenvalue weighted by atomic mass is 79.9. The number of piperazine rings is 1. The van der Waals surface area contributed by atoms with E-state index in [1.807, 2.05) is 18.2 Å². The molecule has 1 aliphatic rings. The van der Waals surface area contributed by atoms with Gasteiger partial charge in [0, 0.05) is 40.9 Å². The number of likely N-dealkylation sites (N-methyl/N-ethyl adjacent to an activating group) is 1. The minimum atomic E-state index is 0.175. The highest BCUT2D eigenvalue weighted by molar-refractivity contribution is 9.10. The minimum absolute atomic E-state index is 0.175. The number of aldehydes is 1. The molecule has 0 spiro atoms. The minimum Gasteiger partial charge on any atom is -0.368 e. The van der Waals surface area contributed by atoms with E-state index < -0.39 is 0 Å². The molecule has 0 N–H and O–H groups in total.